The van der Waals surface area contributed by atoms with E-state index in [4.69, 9.17) is 16.6 Å². The van der Waals surface area contributed by atoms with Crippen molar-refractivity contribution in [3.63, 3.8) is 0 Å². The Labute approximate surface area is 205 Å². The van der Waals surface area contributed by atoms with Gasteiger partial charge in [-0.2, -0.15) is 9.61 Å². The number of fused-ring (bicyclic) bond motifs is 1. The smallest absolute Gasteiger partial charge is 0.317 e. The van der Waals surface area contributed by atoms with Gasteiger partial charge in [-0.3, -0.25) is 0 Å². The van der Waals surface area contributed by atoms with E-state index in [9.17, 15) is 4.79 Å². The average molecular weight is 528 g/mol. The van der Waals surface area contributed by atoms with Crippen LogP contribution in [0.4, 0.5) is 10.6 Å². The number of carbonyl (C=O) groups is 1. The number of carbonyl (C=O) groups excluding carboxylic acids is 1. The van der Waals surface area contributed by atoms with Crippen LogP contribution in [0.5, 0.6) is 0 Å². The zero-order valence-corrected chi connectivity index (χ0v) is 20.5. The van der Waals surface area contributed by atoms with Crippen molar-refractivity contribution < 1.29 is 4.79 Å². The first kappa shape index (κ1) is 23.1. The van der Waals surface area contributed by atoms with Gasteiger partial charge in [-0.25, -0.2) is 9.78 Å². The van der Waals surface area contributed by atoms with Gasteiger partial charge in [0.25, 0.3) is 0 Å². The first-order valence-corrected chi connectivity index (χ1v) is 11.8. The highest BCUT2D eigenvalue weighted by molar-refractivity contribution is 9.10. The summed E-state index contributed by atoms with van der Waals surface area (Å²) in [4.78, 5) is 18.8. The summed E-state index contributed by atoms with van der Waals surface area (Å²) in [5.41, 5.74) is 3.39. The average Bonchev–Trinajstić information content (AvgIpc) is 3.21. The van der Waals surface area contributed by atoms with Crippen LogP contribution in [0, 0.1) is 0 Å². The SMILES string of the molecule is CN(CCCNc1cc(-c2ccccc2Cl)nc2c(Br)cnn12)C(=O)NCc1ccccc1. The summed E-state index contributed by atoms with van der Waals surface area (Å²) < 4.78 is 2.55. The lowest BCUT2D eigenvalue weighted by Gasteiger charge is -2.18. The predicted octanol–water partition coefficient (Wildman–Crippen LogP) is 5.46. The van der Waals surface area contributed by atoms with Crippen molar-refractivity contribution in [2.45, 2.75) is 13.0 Å². The molecule has 0 aliphatic carbocycles. The number of aromatic nitrogens is 3. The maximum atomic E-state index is 12.3. The van der Waals surface area contributed by atoms with Gasteiger partial charge in [0.15, 0.2) is 5.65 Å². The second kappa shape index (κ2) is 10.7. The molecule has 0 aliphatic heterocycles. The normalized spacial score (nSPS) is 10.9. The maximum Gasteiger partial charge on any atom is 0.317 e. The second-order valence-electron chi connectivity index (χ2n) is 7.58. The first-order valence-electron chi connectivity index (χ1n) is 10.6. The molecule has 0 radical (unpaired) electrons. The van der Waals surface area contributed by atoms with Gasteiger partial charge in [-0.1, -0.05) is 60.1 Å². The molecule has 0 atom stereocenters. The molecule has 0 bridgehead atoms. The molecule has 0 saturated carbocycles. The predicted molar refractivity (Wildman–Crippen MR) is 136 cm³/mol. The summed E-state index contributed by atoms with van der Waals surface area (Å²) in [6.45, 7) is 1.78. The molecule has 0 spiro atoms. The number of amides is 2. The maximum absolute atomic E-state index is 12.3. The Bertz CT molecular complexity index is 1250. The summed E-state index contributed by atoms with van der Waals surface area (Å²) in [5, 5.41) is 11.4. The second-order valence-corrected chi connectivity index (χ2v) is 8.84. The molecule has 33 heavy (non-hydrogen) atoms. The number of nitrogens with one attached hydrogen (secondary N) is 2. The Kier molecular flexibility index (Phi) is 7.47. The number of benzene rings is 2. The molecule has 7 nitrogen and oxygen atoms in total. The first-order chi connectivity index (χ1) is 16.0. The summed E-state index contributed by atoms with van der Waals surface area (Å²) in [6.07, 6.45) is 2.48. The summed E-state index contributed by atoms with van der Waals surface area (Å²) >= 11 is 9.91. The third kappa shape index (κ3) is 5.64. The lowest BCUT2D eigenvalue weighted by atomic mass is 10.1. The molecule has 0 aliphatic rings. The van der Waals surface area contributed by atoms with Crippen LogP contribution in [0.3, 0.4) is 0 Å². The number of nitrogens with zero attached hydrogens (tertiary/aromatic N) is 4. The third-order valence-corrected chi connectivity index (χ3v) is 6.08. The molecule has 0 saturated heterocycles. The molecule has 2 N–H and O–H groups in total. The van der Waals surface area contributed by atoms with Gasteiger partial charge in [0.2, 0.25) is 0 Å². The third-order valence-electron chi connectivity index (χ3n) is 5.19. The van der Waals surface area contributed by atoms with Crippen molar-refractivity contribution in [2.24, 2.45) is 0 Å². The van der Waals surface area contributed by atoms with Crippen LogP contribution in [0.15, 0.2) is 71.3 Å². The van der Waals surface area contributed by atoms with Crippen LogP contribution in [-0.4, -0.2) is 45.7 Å². The van der Waals surface area contributed by atoms with E-state index < -0.39 is 0 Å². The highest BCUT2D eigenvalue weighted by Crippen LogP contribution is 2.30. The number of hydrogen-bond donors (Lipinski definition) is 2. The van der Waals surface area contributed by atoms with E-state index in [1.54, 1.807) is 22.7 Å². The van der Waals surface area contributed by atoms with Crippen LogP contribution in [-0.2, 0) is 6.54 Å². The van der Waals surface area contributed by atoms with Crippen LogP contribution in [0.1, 0.15) is 12.0 Å². The number of urea groups is 1. The molecule has 2 heterocycles. The molecule has 4 aromatic rings. The van der Waals surface area contributed by atoms with Crippen LogP contribution < -0.4 is 10.6 Å². The Balaban J connectivity index is 1.37. The number of anilines is 1. The molecule has 0 fully saturated rings. The van der Waals surface area contributed by atoms with Gasteiger partial charge in [0, 0.05) is 43.3 Å². The minimum absolute atomic E-state index is 0.0952. The number of rotatable bonds is 8. The fraction of sp³-hybridized carbons (Fsp3) is 0.208. The van der Waals surface area contributed by atoms with E-state index in [0.29, 0.717) is 30.3 Å². The van der Waals surface area contributed by atoms with Crippen molar-refractivity contribution in [1.82, 2.24) is 24.8 Å². The molecule has 0 unspecified atom stereocenters. The molecule has 2 amide bonds. The monoisotopic (exact) mass is 526 g/mol. The summed E-state index contributed by atoms with van der Waals surface area (Å²) in [7, 11) is 1.80. The molecular weight excluding hydrogens is 504 g/mol. The van der Waals surface area contributed by atoms with Crippen molar-refractivity contribution in [1.29, 1.82) is 0 Å². The Morgan fingerprint density at radius 3 is 2.70 bits per heavy atom. The summed E-state index contributed by atoms with van der Waals surface area (Å²) in [6, 6.07) is 19.3. The molecule has 2 aromatic carbocycles. The lowest BCUT2D eigenvalue weighted by Crippen LogP contribution is -2.37. The zero-order chi connectivity index (χ0) is 23.2. The fourth-order valence-electron chi connectivity index (χ4n) is 3.41. The Hall–Kier alpha value is -3.10. The Morgan fingerprint density at radius 2 is 1.91 bits per heavy atom. The van der Waals surface area contributed by atoms with E-state index in [-0.39, 0.29) is 6.03 Å². The zero-order valence-electron chi connectivity index (χ0n) is 18.1. The minimum atomic E-state index is -0.0952. The largest absolute Gasteiger partial charge is 0.370 e. The number of hydrogen-bond acceptors (Lipinski definition) is 4. The minimum Gasteiger partial charge on any atom is -0.370 e. The molecular formula is C24H24BrClN6O. The van der Waals surface area contributed by atoms with Gasteiger partial charge in [-0.15, -0.1) is 0 Å². The van der Waals surface area contributed by atoms with E-state index in [1.165, 1.54) is 0 Å². The van der Waals surface area contributed by atoms with Crippen molar-refractivity contribution in [2.75, 3.05) is 25.5 Å². The Morgan fingerprint density at radius 1 is 1.15 bits per heavy atom. The van der Waals surface area contributed by atoms with Crippen molar-refractivity contribution >= 4 is 45.0 Å². The molecule has 4 rings (SSSR count). The molecule has 2 aromatic heterocycles. The fourth-order valence-corrected chi connectivity index (χ4v) is 3.99. The van der Waals surface area contributed by atoms with Gasteiger partial charge in [0.05, 0.1) is 16.4 Å². The van der Waals surface area contributed by atoms with E-state index in [0.717, 1.165) is 33.5 Å². The molecule has 170 valence electrons. The molecule has 9 heteroatoms. The van der Waals surface area contributed by atoms with Crippen LogP contribution in [0.2, 0.25) is 5.02 Å². The highest BCUT2D eigenvalue weighted by Gasteiger charge is 2.13. The van der Waals surface area contributed by atoms with Crippen LogP contribution >= 0.6 is 27.5 Å². The van der Waals surface area contributed by atoms with E-state index in [2.05, 4.69) is 31.7 Å². The van der Waals surface area contributed by atoms with E-state index in [1.807, 2.05) is 60.7 Å². The topological polar surface area (TPSA) is 74.6 Å². The standard InChI is InChI=1S/C24H24BrClN6O/c1-31(24(33)28-15-17-8-3-2-4-9-17)13-7-12-27-22-14-21(18-10-5-6-11-20(18)26)30-23-19(25)16-29-32(22)23/h2-6,8-11,14,16,27H,7,12-13,15H2,1H3,(H,28,33). The van der Waals surface area contributed by atoms with Crippen LogP contribution in [0.25, 0.3) is 16.9 Å². The van der Waals surface area contributed by atoms with Gasteiger partial charge in [0.1, 0.15) is 5.82 Å². The quantitative estimate of drug-likeness (QED) is 0.299. The number of halogens is 2. The van der Waals surface area contributed by atoms with Crippen molar-refractivity contribution in [3.05, 3.63) is 81.9 Å². The summed E-state index contributed by atoms with van der Waals surface area (Å²) in [5.74, 6) is 0.803. The highest BCUT2D eigenvalue weighted by atomic mass is 79.9. The van der Waals surface area contributed by atoms with E-state index >= 15 is 0 Å². The van der Waals surface area contributed by atoms with Gasteiger partial charge in [-0.05, 0) is 34.0 Å². The van der Waals surface area contributed by atoms with Crippen molar-refractivity contribution in [3.8, 4) is 11.3 Å². The van der Waals surface area contributed by atoms with Gasteiger partial charge < -0.3 is 15.5 Å². The lowest BCUT2D eigenvalue weighted by molar-refractivity contribution is 0.208. The van der Waals surface area contributed by atoms with Gasteiger partial charge >= 0.3 is 6.03 Å².